The highest BCUT2D eigenvalue weighted by Gasteiger charge is 2.51. The molecule has 2 fully saturated rings. The molecule has 13 heteroatoms. The predicted octanol–water partition coefficient (Wildman–Crippen LogP) is 1.52. The van der Waals surface area contributed by atoms with Crippen molar-refractivity contribution in [2.24, 2.45) is 0 Å². The standard InChI is InChI=1S/C23H31N5O8/c1-4-15(29)33-10-14-19(35-16(30)5-2)20(36-17(31)6-3)23(34-14)28-12-26-18-21(24-11-25-22(18)28)27-13-7-8-32-9-13/h11-14,19-20,23H,4-10H2,1-3H3,(H,24,25,27)/t13-,14-,19-,20-,23?/m1/s1. The van der Waals surface area contributed by atoms with Gasteiger partial charge in [-0.05, 0) is 6.42 Å². The van der Waals surface area contributed by atoms with Crippen molar-refractivity contribution in [2.75, 3.05) is 25.1 Å². The minimum absolute atomic E-state index is 0.102. The van der Waals surface area contributed by atoms with E-state index in [0.717, 1.165) is 6.42 Å². The summed E-state index contributed by atoms with van der Waals surface area (Å²) in [4.78, 5) is 49.6. The fourth-order valence-electron chi connectivity index (χ4n) is 4.07. The van der Waals surface area contributed by atoms with Crippen LogP contribution in [0, 0.1) is 0 Å². The molecule has 0 bridgehead atoms. The molecule has 2 aromatic rings. The number of nitrogens with zero attached hydrogens (tertiary/aromatic N) is 4. The number of hydrogen-bond donors (Lipinski definition) is 1. The van der Waals surface area contributed by atoms with Gasteiger partial charge in [0, 0.05) is 25.9 Å². The fraction of sp³-hybridized carbons (Fsp3) is 0.652. The van der Waals surface area contributed by atoms with E-state index < -0.39 is 42.4 Å². The molecule has 4 rings (SSSR count). The first-order valence-corrected chi connectivity index (χ1v) is 12.2. The number of nitrogens with one attached hydrogen (secondary N) is 1. The van der Waals surface area contributed by atoms with E-state index in [1.807, 2.05) is 0 Å². The van der Waals surface area contributed by atoms with Crippen LogP contribution in [0.15, 0.2) is 12.7 Å². The zero-order valence-electron chi connectivity index (χ0n) is 20.5. The maximum absolute atomic E-state index is 12.3. The molecular formula is C23H31N5O8. The highest BCUT2D eigenvalue weighted by atomic mass is 16.7. The first kappa shape index (κ1) is 25.8. The van der Waals surface area contributed by atoms with Crippen molar-refractivity contribution in [3.05, 3.63) is 12.7 Å². The molecule has 2 saturated heterocycles. The number of fused-ring (bicyclic) bond motifs is 1. The number of imidazole rings is 1. The van der Waals surface area contributed by atoms with Gasteiger partial charge in [-0.3, -0.25) is 19.0 Å². The maximum atomic E-state index is 12.3. The molecule has 36 heavy (non-hydrogen) atoms. The Morgan fingerprint density at radius 1 is 1.03 bits per heavy atom. The van der Waals surface area contributed by atoms with Gasteiger partial charge in [0.25, 0.3) is 0 Å². The maximum Gasteiger partial charge on any atom is 0.306 e. The molecule has 2 aliphatic heterocycles. The Balaban J connectivity index is 1.68. The summed E-state index contributed by atoms with van der Waals surface area (Å²) in [6.45, 7) is 6.03. The number of carbonyl (C=O) groups excluding carboxylic acids is 3. The summed E-state index contributed by atoms with van der Waals surface area (Å²) >= 11 is 0. The number of anilines is 1. The average molecular weight is 506 g/mol. The van der Waals surface area contributed by atoms with Crippen molar-refractivity contribution in [2.45, 2.75) is 77.0 Å². The highest BCUT2D eigenvalue weighted by Crippen LogP contribution is 2.36. The molecular weight excluding hydrogens is 474 g/mol. The van der Waals surface area contributed by atoms with Gasteiger partial charge in [-0.15, -0.1) is 0 Å². The monoisotopic (exact) mass is 505 g/mol. The zero-order valence-corrected chi connectivity index (χ0v) is 20.5. The Hall–Kier alpha value is -3.32. The van der Waals surface area contributed by atoms with Gasteiger partial charge in [0.2, 0.25) is 0 Å². The lowest BCUT2D eigenvalue weighted by atomic mass is 10.1. The minimum Gasteiger partial charge on any atom is -0.463 e. The van der Waals surface area contributed by atoms with Crippen LogP contribution in [0.25, 0.3) is 11.2 Å². The number of hydrogen-bond acceptors (Lipinski definition) is 12. The summed E-state index contributed by atoms with van der Waals surface area (Å²) in [5.74, 6) is -0.898. The van der Waals surface area contributed by atoms with E-state index in [0.29, 0.717) is 30.2 Å². The third-order valence-corrected chi connectivity index (χ3v) is 6.00. The van der Waals surface area contributed by atoms with Gasteiger partial charge in [-0.2, -0.15) is 0 Å². The lowest BCUT2D eigenvalue weighted by Crippen LogP contribution is -2.41. The van der Waals surface area contributed by atoms with E-state index in [1.54, 1.807) is 25.3 Å². The third kappa shape index (κ3) is 5.57. The zero-order chi connectivity index (χ0) is 25.7. The van der Waals surface area contributed by atoms with Crippen LogP contribution in [-0.2, 0) is 38.1 Å². The summed E-state index contributed by atoms with van der Waals surface area (Å²) < 4.78 is 29.8. The van der Waals surface area contributed by atoms with E-state index in [1.165, 1.54) is 12.7 Å². The van der Waals surface area contributed by atoms with Crippen molar-refractivity contribution in [3.63, 3.8) is 0 Å². The molecule has 5 atom stereocenters. The molecule has 0 amide bonds. The summed E-state index contributed by atoms with van der Waals surface area (Å²) in [6.07, 6.45) is 0.300. The second-order valence-corrected chi connectivity index (χ2v) is 8.47. The smallest absolute Gasteiger partial charge is 0.306 e. The van der Waals surface area contributed by atoms with E-state index in [4.69, 9.17) is 23.7 Å². The van der Waals surface area contributed by atoms with Gasteiger partial charge in [-0.1, -0.05) is 20.8 Å². The van der Waals surface area contributed by atoms with Gasteiger partial charge in [0.1, 0.15) is 19.0 Å². The molecule has 1 unspecified atom stereocenters. The van der Waals surface area contributed by atoms with Crippen molar-refractivity contribution >= 4 is 34.9 Å². The molecule has 0 aromatic carbocycles. The Bertz CT molecular complexity index is 1090. The Labute approximate surface area is 207 Å². The van der Waals surface area contributed by atoms with Crippen molar-refractivity contribution in [1.82, 2.24) is 19.5 Å². The van der Waals surface area contributed by atoms with Gasteiger partial charge in [0.15, 0.2) is 35.4 Å². The Kier molecular flexibility index (Phi) is 8.31. The van der Waals surface area contributed by atoms with Crippen LogP contribution in [0.3, 0.4) is 0 Å². The molecule has 0 aliphatic carbocycles. The lowest BCUT2D eigenvalue weighted by Gasteiger charge is -2.24. The quantitative estimate of drug-likeness (QED) is 0.368. The van der Waals surface area contributed by atoms with E-state index >= 15 is 0 Å². The SMILES string of the molecule is CCC(=O)OC[C@H]1OC(n2cnc3c(N[C@@H]4CCOC4)ncnc32)[C@H](OC(=O)CC)[C@@H]1OC(=O)CC. The topological polar surface area (TPSA) is 153 Å². The molecule has 196 valence electrons. The van der Waals surface area contributed by atoms with Crippen LogP contribution >= 0.6 is 0 Å². The second-order valence-electron chi connectivity index (χ2n) is 8.47. The minimum atomic E-state index is -1.02. The normalized spacial score (nSPS) is 25.6. The lowest BCUT2D eigenvalue weighted by molar-refractivity contribution is -0.169. The fourth-order valence-corrected chi connectivity index (χ4v) is 4.07. The molecule has 0 radical (unpaired) electrons. The molecule has 4 heterocycles. The number of ether oxygens (including phenoxy) is 5. The molecule has 1 N–H and O–H groups in total. The second kappa shape index (κ2) is 11.6. The first-order chi connectivity index (χ1) is 17.4. The van der Waals surface area contributed by atoms with Crippen LogP contribution in [-0.4, -0.2) is 81.6 Å². The summed E-state index contributed by atoms with van der Waals surface area (Å²) in [7, 11) is 0. The molecule has 2 aromatic heterocycles. The summed E-state index contributed by atoms with van der Waals surface area (Å²) in [6, 6.07) is 0.102. The van der Waals surface area contributed by atoms with Crippen molar-refractivity contribution < 1.29 is 38.1 Å². The molecule has 0 spiro atoms. The summed E-state index contributed by atoms with van der Waals surface area (Å²) in [5, 5.41) is 3.33. The van der Waals surface area contributed by atoms with Gasteiger partial charge in [-0.25, -0.2) is 15.0 Å². The third-order valence-electron chi connectivity index (χ3n) is 6.00. The number of rotatable bonds is 10. The van der Waals surface area contributed by atoms with Gasteiger partial charge in [0.05, 0.1) is 19.0 Å². The molecule has 0 saturated carbocycles. The highest BCUT2D eigenvalue weighted by molar-refractivity contribution is 5.83. The Morgan fingerprint density at radius 3 is 2.42 bits per heavy atom. The average Bonchev–Trinajstić information content (AvgIpc) is 3.63. The van der Waals surface area contributed by atoms with E-state index in [2.05, 4.69) is 20.3 Å². The first-order valence-electron chi connectivity index (χ1n) is 12.2. The van der Waals surface area contributed by atoms with Crippen LogP contribution in [0.5, 0.6) is 0 Å². The number of carbonyl (C=O) groups is 3. The number of esters is 3. The summed E-state index contributed by atoms with van der Waals surface area (Å²) in [5.41, 5.74) is 0.928. The molecule has 13 nitrogen and oxygen atoms in total. The van der Waals surface area contributed by atoms with Crippen molar-refractivity contribution in [3.8, 4) is 0 Å². The van der Waals surface area contributed by atoms with Gasteiger partial charge >= 0.3 is 17.9 Å². The number of aromatic nitrogens is 4. The van der Waals surface area contributed by atoms with Crippen LogP contribution in [0.1, 0.15) is 52.7 Å². The largest absolute Gasteiger partial charge is 0.463 e. The molecule has 2 aliphatic rings. The predicted molar refractivity (Wildman–Crippen MR) is 124 cm³/mol. The van der Waals surface area contributed by atoms with E-state index in [9.17, 15) is 14.4 Å². The Morgan fingerprint density at radius 2 is 1.75 bits per heavy atom. The van der Waals surface area contributed by atoms with Crippen LogP contribution in [0.4, 0.5) is 5.82 Å². The van der Waals surface area contributed by atoms with Gasteiger partial charge < -0.3 is 29.0 Å². The van der Waals surface area contributed by atoms with E-state index in [-0.39, 0.29) is 31.9 Å². The van der Waals surface area contributed by atoms with Crippen LogP contribution < -0.4 is 5.32 Å². The van der Waals surface area contributed by atoms with Crippen molar-refractivity contribution in [1.29, 1.82) is 0 Å². The van der Waals surface area contributed by atoms with Crippen LogP contribution in [0.2, 0.25) is 0 Å².